The minimum atomic E-state index is -1.39. The average molecular weight is 878 g/mol. The summed E-state index contributed by atoms with van der Waals surface area (Å²) in [6, 6.07) is 4.12. The van der Waals surface area contributed by atoms with E-state index in [1.54, 1.807) is 62.3 Å². The molecule has 0 saturated carbocycles. The molecule has 2 aromatic rings. The van der Waals surface area contributed by atoms with Crippen molar-refractivity contribution in [2.75, 3.05) is 33.7 Å². The van der Waals surface area contributed by atoms with Crippen molar-refractivity contribution in [3.05, 3.63) is 59.8 Å². The molecule has 0 radical (unpaired) electrons. The van der Waals surface area contributed by atoms with Crippen LogP contribution in [0.1, 0.15) is 95.1 Å². The van der Waals surface area contributed by atoms with Crippen molar-refractivity contribution in [1.29, 1.82) is 0 Å². The third-order valence-electron chi connectivity index (χ3n) is 10.3. The maximum atomic E-state index is 14.7. The number of rotatable bonds is 16. The number of fused-ring (bicyclic) bond motifs is 1. The first-order valence-corrected chi connectivity index (χ1v) is 20.9. The van der Waals surface area contributed by atoms with Crippen LogP contribution in [0.25, 0.3) is 10.9 Å². The molecule has 0 aliphatic carbocycles. The fraction of sp³-hybridized carbons (Fsp3) is 0.565. The number of hydrogen-bond acceptors (Lipinski definition) is 10. The van der Waals surface area contributed by atoms with E-state index >= 15 is 0 Å². The Kier molecular flexibility index (Phi) is 16.3. The second-order valence-corrected chi connectivity index (χ2v) is 19.6. The number of imide groups is 1. The number of aromatic nitrogens is 1. The number of carbonyl (C=O) groups excluding carboxylic acids is 8. The van der Waals surface area contributed by atoms with Gasteiger partial charge in [0.05, 0.1) is 6.42 Å². The van der Waals surface area contributed by atoms with Crippen molar-refractivity contribution < 1.29 is 47.8 Å². The summed E-state index contributed by atoms with van der Waals surface area (Å²) in [7, 11) is 4.93. The summed E-state index contributed by atoms with van der Waals surface area (Å²) in [5.74, 6) is -4.32. The highest BCUT2D eigenvalue weighted by Crippen LogP contribution is 2.37. The Morgan fingerprint density at radius 2 is 1.38 bits per heavy atom. The quantitative estimate of drug-likeness (QED) is 0.126. The topological polar surface area (TPSA) is 206 Å². The summed E-state index contributed by atoms with van der Waals surface area (Å²) in [6.07, 6.45) is 4.41. The lowest BCUT2D eigenvalue weighted by Crippen LogP contribution is -2.62. The molecule has 0 bridgehead atoms. The zero-order valence-electron chi connectivity index (χ0n) is 39.6. The second kappa shape index (κ2) is 20.0. The number of aryl methyl sites for hydroxylation is 1. The van der Waals surface area contributed by atoms with Crippen molar-refractivity contribution in [3.8, 4) is 0 Å². The standard InChI is InChI=1S/C46H67N7O10/c1-28(38(57)48-31(26-35(56)62-44(5,6)7)39(58)47-23-25-53-33(54)20-21-34(53)55)22-24-50(13)41(60)36(43(2,3)4)49-40(59)37(52(15)42(61)63-45(8,9)10)46(11,12)30-27-51(14)32-19-17-16-18-29(30)32/h16-22,27,31,36-37H,23-26H2,1-15H3,(H,47,58)(H,48,57)(H,49,59)/b28-22+/t31-,36?,37+/m0/s1. The van der Waals surface area contributed by atoms with Crippen molar-refractivity contribution in [1.82, 2.24) is 35.2 Å². The van der Waals surface area contributed by atoms with Gasteiger partial charge < -0.3 is 34.9 Å². The molecule has 1 aromatic heterocycles. The molecule has 0 spiro atoms. The van der Waals surface area contributed by atoms with Crippen LogP contribution in [0.3, 0.4) is 0 Å². The van der Waals surface area contributed by atoms with E-state index in [2.05, 4.69) is 16.0 Å². The van der Waals surface area contributed by atoms with Gasteiger partial charge in [-0.25, -0.2) is 4.79 Å². The van der Waals surface area contributed by atoms with Crippen LogP contribution in [0.2, 0.25) is 0 Å². The van der Waals surface area contributed by atoms with Gasteiger partial charge in [0.15, 0.2) is 0 Å². The molecular formula is C46H67N7O10. The Morgan fingerprint density at radius 3 is 1.94 bits per heavy atom. The third kappa shape index (κ3) is 13.7. The molecule has 2 heterocycles. The Balaban J connectivity index is 1.85. The van der Waals surface area contributed by atoms with Gasteiger partial charge in [-0.05, 0) is 65.5 Å². The minimum Gasteiger partial charge on any atom is -0.460 e. The van der Waals surface area contributed by atoms with E-state index in [0.29, 0.717) is 0 Å². The van der Waals surface area contributed by atoms with Crippen LogP contribution in [0.5, 0.6) is 0 Å². The Hall–Kier alpha value is -6.00. The SMILES string of the molecule is C/C(=C\CN(C)C(=O)C(NC(=O)[C@@H](N(C)C(=O)OC(C)(C)C)C(C)(C)c1cn(C)c2ccccc12)C(C)(C)C)C(=O)N[C@@H](CC(=O)OC(C)(C)C)C(=O)NCCN1C(=O)C=CC1=O. The van der Waals surface area contributed by atoms with Crippen LogP contribution in [-0.4, -0.2) is 130 Å². The lowest BCUT2D eigenvalue weighted by Gasteiger charge is -2.41. The van der Waals surface area contributed by atoms with Crippen molar-refractivity contribution in [2.45, 2.75) is 124 Å². The van der Waals surface area contributed by atoms with E-state index in [4.69, 9.17) is 9.47 Å². The molecule has 0 saturated heterocycles. The fourth-order valence-electron chi connectivity index (χ4n) is 7.07. The number of hydrogen-bond donors (Lipinski definition) is 3. The number of esters is 1. The summed E-state index contributed by atoms with van der Waals surface area (Å²) >= 11 is 0. The van der Waals surface area contributed by atoms with Crippen LogP contribution in [-0.2, 0) is 55.5 Å². The Bertz CT molecular complexity index is 2130. The lowest BCUT2D eigenvalue weighted by molar-refractivity contribution is -0.156. The lowest BCUT2D eigenvalue weighted by atomic mass is 9.76. The van der Waals surface area contributed by atoms with Crippen LogP contribution >= 0.6 is 0 Å². The van der Waals surface area contributed by atoms with Crippen molar-refractivity contribution in [3.63, 3.8) is 0 Å². The van der Waals surface area contributed by atoms with Gasteiger partial charge >= 0.3 is 12.1 Å². The zero-order valence-corrected chi connectivity index (χ0v) is 39.6. The molecule has 1 aromatic carbocycles. The van der Waals surface area contributed by atoms with Crippen LogP contribution < -0.4 is 16.0 Å². The number of ether oxygens (including phenoxy) is 2. The molecule has 1 aliphatic rings. The van der Waals surface area contributed by atoms with Crippen molar-refractivity contribution in [2.24, 2.45) is 12.5 Å². The number of nitrogens with zero attached hydrogens (tertiary/aromatic N) is 4. The normalized spacial score (nSPS) is 15.1. The monoisotopic (exact) mass is 877 g/mol. The van der Waals surface area contributed by atoms with Crippen molar-refractivity contribution >= 4 is 58.4 Å². The average Bonchev–Trinajstić information content (AvgIpc) is 3.67. The van der Waals surface area contributed by atoms with Gasteiger partial charge in [-0.2, -0.15) is 0 Å². The van der Waals surface area contributed by atoms with Crippen LogP contribution in [0.15, 0.2) is 54.3 Å². The van der Waals surface area contributed by atoms with Gasteiger partial charge in [-0.1, -0.05) is 58.9 Å². The number of benzene rings is 1. The van der Waals surface area contributed by atoms with Gasteiger partial charge in [0.1, 0.15) is 29.3 Å². The highest BCUT2D eigenvalue weighted by molar-refractivity contribution is 6.13. The number of likely N-dealkylation sites (N-methyl/N-ethyl adjacent to an activating group) is 2. The molecule has 63 heavy (non-hydrogen) atoms. The molecule has 17 heteroatoms. The van der Waals surface area contributed by atoms with E-state index < -0.39 is 94.1 Å². The predicted molar refractivity (Wildman–Crippen MR) is 238 cm³/mol. The number of amides is 7. The first-order chi connectivity index (χ1) is 28.8. The first kappa shape index (κ1) is 51.4. The minimum absolute atomic E-state index is 0.0852. The maximum Gasteiger partial charge on any atom is 0.410 e. The molecule has 1 unspecified atom stereocenters. The largest absolute Gasteiger partial charge is 0.460 e. The van der Waals surface area contributed by atoms with E-state index in [1.165, 1.54) is 36.9 Å². The molecule has 17 nitrogen and oxygen atoms in total. The molecule has 7 amide bonds. The maximum absolute atomic E-state index is 14.7. The molecule has 0 fully saturated rings. The Labute approximate surface area is 370 Å². The first-order valence-electron chi connectivity index (χ1n) is 20.9. The molecule has 1 aliphatic heterocycles. The van der Waals surface area contributed by atoms with Gasteiger partial charge in [0.2, 0.25) is 23.6 Å². The molecule has 346 valence electrons. The highest BCUT2D eigenvalue weighted by Gasteiger charge is 2.46. The number of carbonyl (C=O) groups is 8. The zero-order chi connectivity index (χ0) is 48.0. The molecule has 3 rings (SSSR count). The summed E-state index contributed by atoms with van der Waals surface area (Å²) in [4.78, 5) is 110. The van der Waals surface area contributed by atoms with Gasteiger partial charge in [-0.3, -0.25) is 43.4 Å². The molecule has 3 atom stereocenters. The number of para-hydroxylation sites is 1. The second-order valence-electron chi connectivity index (χ2n) is 19.6. The fourth-order valence-corrected chi connectivity index (χ4v) is 7.07. The molecule has 3 N–H and O–H groups in total. The Morgan fingerprint density at radius 1 is 0.810 bits per heavy atom. The van der Waals surface area contributed by atoms with E-state index in [9.17, 15) is 38.4 Å². The van der Waals surface area contributed by atoms with Crippen LogP contribution in [0.4, 0.5) is 4.79 Å². The van der Waals surface area contributed by atoms with E-state index in [0.717, 1.165) is 33.5 Å². The van der Waals surface area contributed by atoms with Gasteiger partial charge in [0, 0.05) is 81.0 Å². The summed E-state index contributed by atoms with van der Waals surface area (Å²) < 4.78 is 13.1. The smallest absolute Gasteiger partial charge is 0.410 e. The van der Waals surface area contributed by atoms with Gasteiger partial charge in [0.25, 0.3) is 11.8 Å². The summed E-state index contributed by atoms with van der Waals surface area (Å²) in [5.41, 5.74) is -1.70. The molecular weight excluding hydrogens is 811 g/mol. The predicted octanol–water partition coefficient (Wildman–Crippen LogP) is 3.88. The van der Waals surface area contributed by atoms with E-state index in [1.807, 2.05) is 55.9 Å². The third-order valence-corrected chi connectivity index (χ3v) is 10.3. The highest BCUT2D eigenvalue weighted by atomic mass is 16.6. The summed E-state index contributed by atoms with van der Waals surface area (Å²) in [6.45, 7) is 20.5. The van der Waals surface area contributed by atoms with E-state index in [-0.39, 0.29) is 25.2 Å². The number of nitrogens with one attached hydrogen (secondary N) is 3. The summed E-state index contributed by atoms with van der Waals surface area (Å²) in [5, 5.41) is 8.99. The van der Waals surface area contributed by atoms with Crippen LogP contribution in [0, 0.1) is 5.41 Å². The van der Waals surface area contributed by atoms with Gasteiger partial charge in [-0.15, -0.1) is 0 Å².